The second-order valence-electron chi connectivity index (χ2n) is 8.43. The van der Waals surface area contributed by atoms with E-state index in [4.69, 9.17) is 4.74 Å². The summed E-state index contributed by atoms with van der Waals surface area (Å²) in [7, 11) is 0. The highest BCUT2D eigenvalue weighted by atomic mass is 16.5. The number of imidazole rings is 1. The number of ether oxygens (including phenoxy) is 1. The predicted octanol–water partition coefficient (Wildman–Crippen LogP) is 3.46. The van der Waals surface area contributed by atoms with Crippen LogP contribution in [0.3, 0.4) is 0 Å². The van der Waals surface area contributed by atoms with Crippen LogP contribution in [0.2, 0.25) is 0 Å². The number of nitrogens with zero attached hydrogens (tertiary/aromatic N) is 2. The van der Waals surface area contributed by atoms with Gasteiger partial charge in [0.1, 0.15) is 5.82 Å². The molecule has 0 saturated carbocycles. The Morgan fingerprint density at radius 2 is 1.97 bits per heavy atom. The molecule has 3 aromatic rings. The fourth-order valence-corrected chi connectivity index (χ4v) is 3.96. The largest absolute Gasteiger partial charge is 0.374 e. The molecule has 4 rings (SSSR count). The molecule has 0 radical (unpaired) electrons. The van der Waals surface area contributed by atoms with Gasteiger partial charge in [-0.25, -0.2) is 9.78 Å². The Hall–Kier alpha value is -2.90. The van der Waals surface area contributed by atoms with Crippen molar-refractivity contribution in [2.24, 2.45) is 5.92 Å². The van der Waals surface area contributed by atoms with Crippen LogP contribution in [0.1, 0.15) is 31.3 Å². The zero-order valence-electron chi connectivity index (χ0n) is 18.2. The van der Waals surface area contributed by atoms with Gasteiger partial charge in [0.15, 0.2) is 0 Å². The minimum absolute atomic E-state index is 0.0214. The van der Waals surface area contributed by atoms with Gasteiger partial charge < -0.3 is 20.4 Å². The number of morpholine rings is 1. The maximum atomic E-state index is 12.6. The fourth-order valence-electron chi connectivity index (χ4n) is 3.96. The molecule has 7 heteroatoms. The van der Waals surface area contributed by atoms with Crippen LogP contribution in [0, 0.1) is 5.92 Å². The smallest absolute Gasteiger partial charge is 0.315 e. The zero-order chi connectivity index (χ0) is 21.6. The van der Waals surface area contributed by atoms with Crippen LogP contribution >= 0.6 is 0 Å². The summed E-state index contributed by atoms with van der Waals surface area (Å²) in [6, 6.07) is 17.9. The summed E-state index contributed by atoms with van der Waals surface area (Å²) in [5.41, 5.74) is 3.17. The van der Waals surface area contributed by atoms with Gasteiger partial charge in [0.2, 0.25) is 0 Å². The van der Waals surface area contributed by atoms with Crippen molar-refractivity contribution in [2.75, 3.05) is 26.2 Å². The number of benzene rings is 2. The van der Waals surface area contributed by atoms with Crippen LogP contribution in [0.15, 0.2) is 54.6 Å². The van der Waals surface area contributed by atoms with Crippen LogP contribution in [-0.2, 0) is 11.3 Å². The Labute approximate surface area is 183 Å². The zero-order valence-corrected chi connectivity index (χ0v) is 18.2. The lowest BCUT2D eigenvalue weighted by Gasteiger charge is -2.33. The molecule has 0 aliphatic carbocycles. The Balaban J connectivity index is 1.30. The van der Waals surface area contributed by atoms with E-state index < -0.39 is 0 Å². The fraction of sp³-hybridized carbons (Fsp3) is 0.417. The number of hydrogen-bond acceptors (Lipinski definition) is 4. The van der Waals surface area contributed by atoms with Gasteiger partial charge in [0.05, 0.1) is 29.8 Å². The number of aromatic amines is 1. The second kappa shape index (κ2) is 9.94. The van der Waals surface area contributed by atoms with E-state index in [1.165, 1.54) is 5.56 Å². The first-order chi connectivity index (χ1) is 15.1. The number of amides is 2. The standard InChI is InChI=1S/C24H31N5O2/c1-17(2)22(23-26-20-10-6-7-11-21(20)27-23)28-24(30)25-14-19-16-29(12-13-31-19)15-18-8-4-3-5-9-18/h3-11,17,19,22H,12-16H2,1-2H3,(H,26,27)(H2,25,28,30). The van der Waals surface area contributed by atoms with E-state index in [-0.39, 0.29) is 24.1 Å². The topological polar surface area (TPSA) is 82.3 Å². The van der Waals surface area contributed by atoms with E-state index in [1.807, 2.05) is 30.3 Å². The molecule has 2 aromatic carbocycles. The van der Waals surface area contributed by atoms with Crippen molar-refractivity contribution >= 4 is 17.1 Å². The number of fused-ring (bicyclic) bond motifs is 1. The average Bonchev–Trinajstić information content (AvgIpc) is 3.20. The summed E-state index contributed by atoms with van der Waals surface area (Å²) in [6.45, 7) is 7.89. The van der Waals surface area contributed by atoms with Crippen molar-refractivity contribution in [3.8, 4) is 0 Å². The lowest BCUT2D eigenvalue weighted by molar-refractivity contribution is -0.0287. The minimum atomic E-state index is -0.206. The maximum Gasteiger partial charge on any atom is 0.315 e. The van der Waals surface area contributed by atoms with Crippen molar-refractivity contribution < 1.29 is 9.53 Å². The highest BCUT2D eigenvalue weighted by Crippen LogP contribution is 2.22. The SMILES string of the molecule is CC(C)C(NC(=O)NCC1CN(Cc2ccccc2)CCO1)c1nc2ccccc2[nH]1. The lowest BCUT2D eigenvalue weighted by Crippen LogP contribution is -2.49. The quantitative estimate of drug-likeness (QED) is 0.546. The van der Waals surface area contributed by atoms with Crippen LogP contribution < -0.4 is 10.6 Å². The molecule has 2 heterocycles. The second-order valence-corrected chi connectivity index (χ2v) is 8.43. The van der Waals surface area contributed by atoms with Crippen molar-refractivity contribution in [2.45, 2.75) is 32.5 Å². The molecule has 1 aromatic heterocycles. The number of carbonyl (C=O) groups is 1. The number of aromatic nitrogens is 2. The number of urea groups is 1. The van der Waals surface area contributed by atoms with Crippen LogP contribution in [0.5, 0.6) is 0 Å². The van der Waals surface area contributed by atoms with E-state index in [2.05, 4.69) is 63.6 Å². The minimum Gasteiger partial charge on any atom is -0.374 e. The van der Waals surface area contributed by atoms with Gasteiger partial charge in [-0.1, -0.05) is 56.3 Å². The molecule has 164 valence electrons. The molecule has 1 saturated heterocycles. The van der Waals surface area contributed by atoms with Gasteiger partial charge in [0.25, 0.3) is 0 Å². The van der Waals surface area contributed by atoms with Gasteiger partial charge in [0, 0.05) is 26.2 Å². The third-order valence-electron chi connectivity index (χ3n) is 5.62. The van der Waals surface area contributed by atoms with Crippen molar-refractivity contribution in [1.29, 1.82) is 0 Å². The molecular formula is C24H31N5O2. The molecule has 2 amide bonds. The van der Waals surface area contributed by atoms with Gasteiger partial charge in [-0.15, -0.1) is 0 Å². The number of hydrogen-bond donors (Lipinski definition) is 3. The Bertz CT molecular complexity index is 955. The highest BCUT2D eigenvalue weighted by Gasteiger charge is 2.24. The highest BCUT2D eigenvalue weighted by molar-refractivity contribution is 5.76. The molecule has 2 unspecified atom stereocenters. The summed E-state index contributed by atoms with van der Waals surface area (Å²) in [6.07, 6.45) is -0.0214. The van der Waals surface area contributed by atoms with Crippen molar-refractivity contribution in [3.63, 3.8) is 0 Å². The number of para-hydroxylation sites is 2. The summed E-state index contributed by atoms with van der Waals surface area (Å²) < 4.78 is 5.87. The van der Waals surface area contributed by atoms with Gasteiger partial charge >= 0.3 is 6.03 Å². The molecule has 7 nitrogen and oxygen atoms in total. The first kappa shape index (κ1) is 21.3. The maximum absolute atomic E-state index is 12.6. The molecule has 2 atom stereocenters. The van der Waals surface area contributed by atoms with Gasteiger partial charge in [-0.3, -0.25) is 4.90 Å². The first-order valence-corrected chi connectivity index (χ1v) is 11.0. The molecule has 0 bridgehead atoms. The van der Waals surface area contributed by atoms with Crippen LogP contribution in [-0.4, -0.2) is 53.2 Å². The summed E-state index contributed by atoms with van der Waals surface area (Å²) in [5.74, 6) is 0.966. The van der Waals surface area contributed by atoms with Crippen LogP contribution in [0.4, 0.5) is 4.79 Å². The van der Waals surface area contributed by atoms with Crippen LogP contribution in [0.25, 0.3) is 11.0 Å². The summed E-state index contributed by atoms with van der Waals surface area (Å²) in [5, 5.41) is 6.05. The third kappa shape index (κ3) is 5.62. The van der Waals surface area contributed by atoms with E-state index in [0.717, 1.165) is 36.5 Å². The van der Waals surface area contributed by atoms with E-state index in [1.54, 1.807) is 0 Å². The summed E-state index contributed by atoms with van der Waals surface area (Å²) >= 11 is 0. The van der Waals surface area contributed by atoms with E-state index in [0.29, 0.717) is 13.2 Å². The predicted molar refractivity (Wildman–Crippen MR) is 122 cm³/mol. The number of rotatable bonds is 7. The molecular weight excluding hydrogens is 390 g/mol. The van der Waals surface area contributed by atoms with E-state index in [9.17, 15) is 4.79 Å². The van der Waals surface area contributed by atoms with E-state index >= 15 is 0 Å². The van der Waals surface area contributed by atoms with Crippen molar-refractivity contribution in [3.05, 3.63) is 66.0 Å². The Morgan fingerprint density at radius 3 is 2.74 bits per heavy atom. The lowest BCUT2D eigenvalue weighted by atomic mass is 10.0. The third-order valence-corrected chi connectivity index (χ3v) is 5.62. The molecule has 3 N–H and O–H groups in total. The van der Waals surface area contributed by atoms with Gasteiger partial charge in [-0.2, -0.15) is 0 Å². The number of nitrogens with one attached hydrogen (secondary N) is 3. The number of carbonyl (C=O) groups excluding carboxylic acids is 1. The first-order valence-electron chi connectivity index (χ1n) is 11.0. The normalized spacial score (nSPS) is 18.2. The van der Waals surface area contributed by atoms with Gasteiger partial charge in [-0.05, 0) is 23.6 Å². The number of H-pyrrole nitrogens is 1. The molecule has 31 heavy (non-hydrogen) atoms. The molecule has 1 aliphatic heterocycles. The molecule has 1 fully saturated rings. The Morgan fingerprint density at radius 1 is 1.19 bits per heavy atom. The monoisotopic (exact) mass is 421 g/mol. The molecule has 0 spiro atoms. The molecule has 1 aliphatic rings. The van der Waals surface area contributed by atoms with Crippen molar-refractivity contribution in [1.82, 2.24) is 25.5 Å². The average molecular weight is 422 g/mol. The Kier molecular flexibility index (Phi) is 6.84. The summed E-state index contributed by atoms with van der Waals surface area (Å²) in [4.78, 5) is 23.0.